The number of nitro benzene ring substituents is 1. The van der Waals surface area contributed by atoms with Crippen molar-refractivity contribution in [2.24, 2.45) is 0 Å². The summed E-state index contributed by atoms with van der Waals surface area (Å²) < 4.78 is 26.0. The van der Waals surface area contributed by atoms with E-state index in [1.807, 2.05) is 0 Å². The van der Waals surface area contributed by atoms with Gasteiger partial charge in [-0.05, 0) is 31.2 Å². The van der Waals surface area contributed by atoms with Crippen LogP contribution in [-0.4, -0.2) is 16.1 Å². The molecule has 5 nitrogen and oxygen atoms in total. The molecular formula is C15H12F2N2O3S. The average molecular weight is 338 g/mol. The lowest BCUT2D eigenvalue weighted by Gasteiger charge is -2.12. The van der Waals surface area contributed by atoms with Crippen LogP contribution in [0.4, 0.5) is 20.2 Å². The number of carbonyl (C=O) groups is 1. The molecule has 0 bridgehead atoms. The molecule has 0 aliphatic heterocycles. The number of non-ortho nitro benzene ring substituents is 1. The zero-order valence-corrected chi connectivity index (χ0v) is 12.8. The number of amides is 1. The largest absolute Gasteiger partial charge is 0.325 e. The van der Waals surface area contributed by atoms with Crippen molar-refractivity contribution in [3.8, 4) is 0 Å². The number of rotatable bonds is 5. The van der Waals surface area contributed by atoms with Gasteiger partial charge in [0.1, 0.15) is 0 Å². The van der Waals surface area contributed by atoms with Crippen molar-refractivity contribution in [3.05, 3.63) is 64.2 Å². The lowest BCUT2D eigenvalue weighted by atomic mass is 10.2. The van der Waals surface area contributed by atoms with Gasteiger partial charge >= 0.3 is 0 Å². The van der Waals surface area contributed by atoms with E-state index >= 15 is 0 Å². The molecule has 23 heavy (non-hydrogen) atoms. The van der Waals surface area contributed by atoms with Crippen LogP contribution in [0, 0.1) is 21.7 Å². The molecule has 2 rings (SSSR count). The van der Waals surface area contributed by atoms with Crippen molar-refractivity contribution in [2.75, 3.05) is 5.32 Å². The van der Waals surface area contributed by atoms with Gasteiger partial charge in [-0.1, -0.05) is 6.07 Å². The number of benzene rings is 2. The SMILES string of the molecule is CC(Sc1ccc(F)c(F)c1)C(=O)Nc1cccc([N+](=O)[O-])c1. The van der Waals surface area contributed by atoms with E-state index in [4.69, 9.17) is 0 Å². The summed E-state index contributed by atoms with van der Waals surface area (Å²) in [6, 6.07) is 8.92. The smallest absolute Gasteiger partial charge is 0.271 e. The van der Waals surface area contributed by atoms with E-state index in [0.717, 1.165) is 23.9 Å². The molecule has 0 spiro atoms. The third-order valence-corrected chi connectivity index (χ3v) is 3.99. The maximum Gasteiger partial charge on any atom is 0.271 e. The molecule has 0 fully saturated rings. The minimum absolute atomic E-state index is 0.135. The van der Waals surface area contributed by atoms with E-state index in [2.05, 4.69) is 5.32 Å². The summed E-state index contributed by atoms with van der Waals surface area (Å²) in [5.74, 6) is -2.34. The second-order valence-corrected chi connectivity index (χ2v) is 6.05. The van der Waals surface area contributed by atoms with Gasteiger partial charge in [0.05, 0.1) is 10.2 Å². The lowest BCUT2D eigenvalue weighted by Crippen LogP contribution is -2.22. The van der Waals surface area contributed by atoms with E-state index in [9.17, 15) is 23.7 Å². The van der Waals surface area contributed by atoms with Crippen molar-refractivity contribution >= 4 is 29.0 Å². The zero-order valence-electron chi connectivity index (χ0n) is 12.0. The summed E-state index contributed by atoms with van der Waals surface area (Å²) in [7, 11) is 0. The quantitative estimate of drug-likeness (QED) is 0.508. The van der Waals surface area contributed by atoms with Gasteiger partial charge in [0.2, 0.25) is 5.91 Å². The first-order valence-corrected chi connectivity index (χ1v) is 7.42. The first-order chi connectivity index (χ1) is 10.9. The van der Waals surface area contributed by atoms with Crippen LogP contribution in [0.3, 0.4) is 0 Å². The Labute approximate surface area is 134 Å². The summed E-state index contributed by atoms with van der Waals surface area (Å²) in [6.45, 7) is 1.60. The van der Waals surface area contributed by atoms with Gasteiger partial charge in [-0.2, -0.15) is 0 Å². The van der Waals surface area contributed by atoms with Crippen LogP contribution in [0.1, 0.15) is 6.92 Å². The Bertz CT molecular complexity index is 755. The number of hydrogen-bond acceptors (Lipinski definition) is 4. The molecular weight excluding hydrogens is 326 g/mol. The summed E-state index contributed by atoms with van der Waals surface area (Å²) in [5.41, 5.74) is 0.158. The number of carbonyl (C=O) groups excluding carboxylic acids is 1. The van der Waals surface area contributed by atoms with E-state index in [1.54, 1.807) is 6.92 Å². The average Bonchev–Trinajstić information content (AvgIpc) is 2.51. The fourth-order valence-electron chi connectivity index (χ4n) is 1.75. The number of nitrogens with one attached hydrogen (secondary N) is 1. The molecule has 0 aromatic heterocycles. The van der Waals surface area contributed by atoms with E-state index < -0.39 is 27.7 Å². The van der Waals surface area contributed by atoms with Crippen molar-refractivity contribution in [2.45, 2.75) is 17.1 Å². The highest BCUT2D eigenvalue weighted by Gasteiger charge is 2.16. The van der Waals surface area contributed by atoms with Crippen LogP contribution < -0.4 is 5.32 Å². The Hall–Kier alpha value is -2.48. The molecule has 8 heteroatoms. The second-order valence-electron chi connectivity index (χ2n) is 4.63. The zero-order chi connectivity index (χ0) is 17.0. The second kappa shape index (κ2) is 7.19. The van der Waals surface area contributed by atoms with Crippen molar-refractivity contribution < 1.29 is 18.5 Å². The molecule has 0 saturated heterocycles. The summed E-state index contributed by atoms with van der Waals surface area (Å²) in [4.78, 5) is 22.6. The number of nitro groups is 1. The lowest BCUT2D eigenvalue weighted by molar-refractivity contribution is -0.384. The third-order valence-electron chi connectivity index (χ3n) is 2.90. The molecule has 0 radical (unpaired) electrons. The van der Waals surface area contributed by atoms with Crippen LogP contribution in [0.25, 0.3) is 0 Å². The predicted molar refractivity (Wildman–Crippen MR) is 83.4 cm³/mol. The Morgan fingerprint density at radius 1 is 1.22 bits per heavy atom. The molecule has 120 valence electrons. The summed E-state index contributed by atoms with van der Waals surface area (Å²) in [6.07, 6.45) is 0. The van der Waals surface area contributed by atoms with Gasteiger partial charge < -0.3 is 5.32 Å². The van der Waals surface area contributed by atoms with E-state index in [1.165, 1.54) is 30.3 Å². The highest BCUT2D eigenvalue weighted by molar-refractivity contribution is 8.00. The minimum Gasteiger partial charge on any atom is -0.325 e. The molecule has 0 aliphatic rings. The topological polar surface area (TPSA) is 72.2 Å². The van der Waals surface area contributed by atoms with Crippen molar-refractivity contribution in [3.63, 3.8) is 0 Å². The summed E-state index contributed by atoms with van der Waals surface area (Å²) in [5, 5.41) is 12.6. The van der Waals surface area contributed by atoms with Crippen molar-refractivity contribution in [1.29, 1.82) is 0 Å². The Balaban J connectivity index is 2.03. The van der Waals surface area contributed by atoms with Gasteiger partial charge in [-0.15, -0.1) is 11.8 Å². The summed E-state index contributed by atoms with van der Waals surface area (Å²) >= 11 is 1.05. The van der Waals surface area contributed by atoms with Gasteiger partial charge in [-0.25, -0.2) is 8.78 Å². The predicted octanol–water partition coefficient (Wildman–Crippen LogP) is 3.99. The normalized spacial score (nSPS) is 11.8. The molecule has 0 heterocycles. The Kier molecular flexibility index (Phi) is 5.28. The fraction of sp³-hybridized carbons (Fsp3) is 0.133. The molecule has 1 N–H and O–H groups in total. The number of hydrogen-bond donors (Lipinski definition) is 1. The number of halogens is 2. The van der Waals surface area contributed by atoms with Crippen molar-refractivity contribution in [1.82, 2.24) is 0 Å². The number of nitrogens with zero attached hydrogens (tertiary/aromatic N) is 1. The van der Waals surface area contributed by atoms with E-state index in [0.29, 0.717) is 10.6 Å². The van der Waals surface area contributed by atoms with Crippen LogP contribution in [-0.2, 0) is 4.79 Å². The van der Waals surface area contributed by atoms with Crippen LogP contribution in [0.2, 0.25) is 0 Å². The maximum atomic E-state index is 13.1. The highest BCUT2D eigenvalue weighted by atomic mass is 32.2. The maximum absolute atomic E-state index is 13.1. The van der Waals surface area contributed by atoms with Crippen LogP contribution in [0.15, 0.2) is 47.4 Å². The van der Waals surface area contributed by atoms with Crippen LogP contribution in [0.5, 0.6) is 0 Å². The Morgan fingerprint density at radius 3 is 2.61 bits per heavy atom. The van der Waals surface area contributed by atoms with Gasteiger partial charge in [0.15, 0.2) is 11.6 Å². The molecule has 0 saturated carbocycles. The molecule has 2 aromatic rings. The molecule has 1 unspecified atom stereocenters. The Morgan fingerprint density at radius 2 is 1.96 bits per heavy atom. The van der Waals surface area contributed by atoms with Gasteiger partial charge in [0, 0.05) is 22.7 Å². The van der Waals surface area contributed by atoms with Gasteiger partial charge in [-0.3, -0.25) is 14.9 Å². The first kappa shape index (κ1) is 16.9. The number of thioether (sulfide) groups is 1. The van der Waals surface area contributed by atoms with Crippen LogP contribution >= 0.6 is 11.8 Å². The third kappa shape index (κ3) is 4.49. The molecule has 1 amide bonds. The minimum atomic E-state index is -0.985. The first-order valence-electron chi connectivity index (χ1n) is 6.54. The van der Waals surface area contributed by atoms with E-state index in [-0.39, 0.29) is 5.69 Å². The highest BCUT2D eigenvalue weighted by Crippen LogP contribution is 2.26. The number of anilines is 1. The van der Waals surface area contributed by atoms with Gasteiger partial charge in [0.25, 0.3) is 5.69 Å². The standard InChI is InChI=1S/C15H12F2N2O3S/c1-9(23-12-5-6-13(16)14(17)8-12)15(20)18-10-3-2-4-11(7-10)19(21)22/h2-9H,1H3,(H,18,20). The molecule has 2 aromatic carbocycles. The fourth-order valence-corrected chi connectivity index (χ4v) is 2.64. The monoisotopic (exact) mass is 338 g/mol. The molecule has 1 atom stereocenters. The molecule has 0 aliphatic carbocycles.